The standard InChI is InChI=1S/C13H19Cl2NO2/c1-3-16(5-6-18-4-2)9-10-7-11(14)8-12(15)13(10)17/h7-8,17H,3-6,9H2,1-2H3. The van der Waals surface area contributed by atoms with Crippen LogP contribution >= 0.6 is 23.2 Å². The minimum atomic E-state index is 0.107. The molecule has 0 saturated heterocycles. The fraction of sp³-hybridized carbons (Fsp3) is 0.538. The first kappa shape index (κ1) is 15.6. The molecule has 18 heavy (non-hydrogen) atoms. The topological polar surface area (TPSA) is 32.7 Å². The zero-order chi connectivity index (χ0) is 13.5. The van der Waals surface area contributed by atoms with Gasteiger partial charge in [0.15, 0.2) is 0 Å². The number of nitrogens with zero attached hydrogens (tertiary/aromatic N) is 1. The predicted molar refractivity (Wildman–Crippen MR) is 75.6 cm³/mol. The molecule has 0 aromatic heterocycles. The summed E-state index contributed by atoms with van der Waals surface area (Å²) in [5.74, 6) is 0.107. The molecule has 102 valence electrons. The third kappa shape index (κ3) is 4.65. The van der Waals surface area contributed by atoms with Crippen molar-refractivity contribution in [2.45, 2.75) is 20.4 Å². The number of benzene rings is 1. The summed E-state index contributed by atoms with van der Waals surface area (Å²) in [5, 5.41) is 10.7. The summed E-state index contributed by atoms with van der Waals surface area (Å²) in [5.41, 5.74) is 0.742. The van der Waals surface area contributed by atoms with Crippen LogP contribution in [0.2, 0.25) is 10.0 Å². The molecule has 0 bridgehead atoms. The maximum atomic E-state index is 9.89. The Hall–Kier alpha value is -0.480. The van der Waals surface area contributed by atoms with Gasteiger partial charge in [-0.1, -0.05) is 30.1 Å². The molecule has 1 aromatic rings. The monoisotopic (exact) mass is 291 g/mol. The number of phenolic OH excluding ortho intramolecular Hbond substituents is 1. The molecule has 0 amide bonds. The summed E-state index contributed by atoms with van der Waals surface area (Å²) in [6.45, 7) is 7.72. The Morgan fingerprint density at radius 1 is 1.28 bits per heavy atom. The molecule has 0 aliphatic carbocycles. The van der Waals surface area contributed by atoms with Crippen LogP contribution in [-0.2, 0) is 11.3 Å². The molecule has 0 spiro atoms. The fourth-order valence-electron chi connectivity index (χ4n) is 1.67. The third-order valence-electron chi connectivity index (χ3n) is 2.70. The van der Waals surface area contributed by atoms with Crippen LogP contribution < -0.4 is 0 Å². The molecule has 0 saturated carbocycles. The number of hydrogen-bond donors (Lipinski definition) is 1. The highest BCUT2D eigenvalue weighted by Gasteiger charge is 2.11. The van der Waals surface area contributed by atoms with E-state index in [1.54, 1.807) is 12.1 Å². The SMILES string of the molecule is CCOCCN(CC)Cc1cc(Cl)cc(Cl)c1O. The first-order chi connectivity index (χ1) is 8.58. The Morgan fingerprint density at radius 3 is 2.61 bits per heavy atom. The van der Waals surface area contributed by atoms with Gasteiger partial charge in [0.2, 0.25) is 0 Å². The van der Waals surface area contributed by atoms with Crippen LogP contribution in [0.25, 0.3) is 0 Å². The Bertz CT molecular complexity index is 385. The number of hydrogen-bond acceptors (Lipinski definition) is 3. The van der Waals surface area contributed by atoms with Gasteiger partial charge in [0.25, 0.3) is 0 Å². The van der Waals surface area contributed by atoms with Gasteiger partial charge in [0.1, 0.15) is 5.75 Å². The lowest BCUT2D eigenvalue weighted by Gasteiger charge is -2.21. The van der Waals surface area contributed by atoms with Gasteiger partial charge < -0.3 is 9.84 Å². The van der Waals surface area contributed by atoms with E-state index in [9.17, 15) is 5.11 Å². The van der Waals surface area contributed by atoms with E-state index in [1.165, 1.54) is 0 Å². The van der Waals surface area contributed by atoms with Gasteiger partial charge in [-0.3, -0.25) is 4.90 Å². The van der Waals surface area contributed by atoms with E-state index in [1.807, 2.05) is 6.92 Å². The highest BCUT2D eigenvalue weighted by molar-refractivity contribution is 6.35. The number of likely N-dealkylation sites (N-methyl/N-ethyl adjacent to an activating group) is 1. The lowest BCUT2D eigenvalue weighted by Crippen LogP contribution is -2.27. The Labute approximate surface area is 118 Å². The largest absolute Gasteiger partial charge is 0.506 e. The van der Waals surface area contributed by atoms with Crippen LogP contribution in [0.4, 0.5) is 0 Å². The van der Waals surface area contributed by atoms with E-state index >= 15 is 0 Å². The number of ether oxygens (including phenoxy) is 1. The van der Waals surface area contributed by atoms with E-state index in [0.29, 0.717) is 29.8 Å². The van der Waals surface area contributed by atoms with Crippen molar-refractivity contribution in [1.82, 2.24) is 4.90 Å². The van der Waals surface area contributed by atoms with Crippen molar-refractivity contribution in [3.05, 3.63) is 27.7 Å². The van der Waals surface area contributed by atoms with Crippen molar-refractivity contribution in [2.24, 2.45) is 0 Å². The zero-order valence-electron chi connectivity index (χ0n) is 10.7. The number of aromatic hydroxyl groups is 1. The quantitative estimate of drug-likeness (QED) is 0.780. The molecule has 0 radical (unpaired) electrons. The average Bonchev–Trinajstić information content (AvgIpc) is 2.34. The highest BCUT2D eigenvalue weighted by atomic mass is 35.5. The van der Waals surface area contributed by atoms with Crippen molar-refractivity contribution >= 4 is 23.2 Å². The normalized spacial score (nSPS) is 11.2. The predicted octanol–water partition coefficient (Wildman–Crippen LogP) is 3.56. The molecule has 5 heteroatoms. The molecule has 0 aliphatic rings. The van der Waals surface area contributed by atoms with Gasteiger partial charge in [-0.2, -0.15) is 0 Å². The average molecular weight is 292 g/mol. The van der Waals surface area contributed by atoms with Crippen molar-refractivity contribution in [3.63, 3.8) is 0 Å². The van der Waals surface area contributed by atoms with Crippen LogP contribution in [0, 0.1) is 0 Å². The van der Waals surface area contributed by atoms with Crippen molar-refractivity contribution in [2.75, 3.05) is 26.3 Å². The molecule has 0 atom stereocenters. The summed E-state index contributed by atoms with van der Waals surface area (Å²) in [7, 11) is 0. The second-order valence-electron chi connectivity index (χ2n) is 3.96. The van der Waals surface area contributed by atoms with Crippen LogP contribution in [0.15, 0.2) is 12.1 Å². The van der Waals surface area contributed by atoms with Gasteiger partial charge in [0, 0.05) is 30.3 Å². The van der Waals surface area contributed by atoms with Gasteiger partial charge in [-0.05, 0) is 25.6 Å². The first-order valence-electron chi connectivity index (χ1n) is 6.05. The van der Waals surface area contributed by atoms with Crippen LogP contribution in [-0.4, -0.2) is 36.3 Å². The lowest BCUT2D eigenvalue weighted by atomic mass is 10.2. The van der Waals surface area contributed by atoms with E-state index in [-0.39, 0.29) is 5.75 Å². The number of phenols is 1. The molecular weight excluding hydrogens is 273 g/mol. The number of rotatable bonds is 7. The summed E-state index contributed by atoms with van der Waals surface area (Å²) in [6.07, 6.45) is 0. The lowest BCUT2D eigenvalue weighted by molar-refractivity contribution is 0.112. The molecule has 1 aromatic carbocycles. The van der Waals surface area contributed by atoms with Gasteiger partial charge >= 0.3 is 0 Å². The number of halogens is 2. The van der Waals surface area contributed by atoms with Crippen molar-refractivity contribution < 1.29 is 9.84 Å². The van der Waals surface area contributed by atoms with E-state index in [0.717, 1.165) is 18.7 Å². The van der Waals surface area contributed by atoms with E-state index in [2.05, 4.69) is 11.8 Å². The fourth-order valence-corrected chi connectivity index (χ4v) is 2.20. The second kappa shape index (κ2) is 7.85. The molecule has 1 rings (SSSR count). The molecule has 1 N–H and O–H groups in total. The summed E-state index contributed by atoms with van der Waals surface area (Å²) < 4.78 is 5.32. The Balaban J connectivity index is 2.69. The zero-order valence-corrected chi connectivity index (χ0v) is 12.3. The minimum Gasteiger partial charge on any atom is -0.506 e. The van der Waals surface area contributed by atoms with E-state index < -0.39 is 0 Å². The van der Waals surface area contributed by atoms with Crippen LogP contribution in [0.3, 0.4) is 0 Å². The summed E-state index contributed by atoms with van der Waals surface area (Å²) in [4.78, 5) is 2.16. The van der Waals surface area contributed by atoms with Crippen molar-refractivity contribution in [1.29, 1.82) is 0 Å². The second-order valence-corrected chi connectivity index (χ2v) is 4.80. The van der Waals surface area contributed by atoms with E-state index in [4.69, 9.17) is 27.9 Å². The molecule has 0 aliphatic heterocycles. The maximum absolute atomic E-state index is 9.89. The Kier molecular flexibility index (Phi) is 6.79. The molecule has 0 fully saturated rings. The van der Waals surface area contributed by atoms with Crippen molar-refractivity contribution in [3.8, 4) is 5.75 Å². The van der Waals surface area contributed by atoms with Crippen LogP contribution in [0.5, 0.6) is 5.75 Å². The van der Waals surface area contributed by atoms with Gasteiger partial charge in [-0.25, -0.2) is 0 Å². The molecule has 3 nitrogen and oxygen atoms in total. The highest BCUT2D eigenvalue weighted by Crippen LogP contribution is 2.31. The Morgan fingerprint density at radius 2 is 2.00 bits per heavy atom. The summed E-state index contributed by atoms with van der Waals surface area (Å²) >= 11 is 11.8. The molecule has 0 heterocycles. The first-order valence-corrected chi connectivity index (χ1v) is 6.81. The summed E-state index contributed by atoms with van der Waals surface area (Å²) in [6, 6.07) is 3.28. The van der Waals surface area contributed by atoms with Gasteiger partial charge in [0.05, 0.1) is 11.6 Å². The smallest absolute Gasteiger partial charge is 0.138 e. The molecule has 0 unspecified atom stereocenters. The molecular formula is C13H19Cl2NO2. The van der Waals surface area contributed by atoms with Gasteiger partial charge in [-0.15, -0.1) is 0 Å². The van der Waals surface area contributed by atoms with Crippen LogP contribution in [0.1, 0.15) is 19.4 Å². The third-order valence-corrected chi connectivity index (χ3v) is 3.21. The minimum absolute atomic E-state index is 0.107. The maximum Gasteiger partial charge on any atom is 0.138 e.